The van der Waals surface area contributed by atoms with Crippen molar-refractivity contribution in [3.05, 3.63) is 28.2 Å². The van der Waals surface area contributed by atoms with Gasteiger partial charge in [0.05, 0.1) is 5.69 Å². The van der Waals surface area contributed by atoms with Crippen LogP contribution in [0.2, 0.25) is 0 Å². The maximum Gasteiger partial charge on any atom is 0.267 e. The number of carbonyl (C=O) groups excluding carboxylic acids is 1. The monoisotopic (exact) mass is 209 g/mol. The van der Waals surface area contributed by atoms with Gasteiger partial charge >= 0.3 is 0 Å². The molecular weight excluding hydrogens is 194 g/mol. The molecule has 0 radical (unpaired) electrons. The minimum absolute atomic E-state index is 0.0134. The summed E-state index contributed by atoms with van der Waals surface area (Å²) in [5.74, 6) is -0.183. The van der Waals surface area contributed by atoms with E-state index in [1.54, 1.807) is 13.0 Å². The van der Waals surface area contributed by atoms with Crippen LogP contribution in [0.1, 0.15) is 19.0 Å². The molecule has 5 nitrogen and oxygen atoms in total. The van der Waals surface area contributed by atoms with E-state index >= 15 is 0 Å². The van der Waals surface area contributed by atoms with Gasteiger partial charge in [0.2, 0.25) is 5.91 Å². The number of hydrogen-bond donors (Lipinski definition) is 1. The predicted molar refractivity (Wildman–Crippen MR) is 56.5 cm³/mol. The molecular formula is C10H15N3O2. The smallest absolute Gasteiger partial charge is 0.267 e. The summed E-state index contributed by atoms with van der Waals surface area (Å²) in [4.78, 5) is 22.6. The Balaban J connectivity index is 2.68. The Labute approximate surface area is 88.1 Å². The second-order valence-electron chi connectivity index (χ2n) is 3.32. The van der Waals surface area contributed by atoms with Crippen molar-refractivity contribution in [2.75, 3.05) is 6.54 Å². The van der Waals surface area contributed by atoms with Crippen molar-refractivity contribution >= 4 is 5.91 Å². The molecule has 1 rings (SSSR count). The molecule has 0 fully saturated rings. The van der Waals surface area contributed by atoms with Crippen molar-refractivity contribution in [3.8, 4) is 0 Å². The van der Waals surface area contributed by atoms with Gasteiger partial charge in [-0.25, -0.2) is 4.68 Å². The van der Waals surface area contributed by atoms with Gasteiger partial charge in [-0.05, 0) is 19.4 Å². The quantitative estimate of drug-likeness (QED) is 0.763. The van der Waals surface area contributed by atoms with Gasteiger partial charge in [0.1, 0.15) is 6.54 Å². The van der Waals surface area contributed by atoms with Crippen LogP contribution in [-0.2, 0) is 11.3 Å². The number of aromatic nitrogens is 2. The maximum absolute atomic E-state index is 11.3. The fourth-order valence-corrected chi connectivity index (χ4v) is 1.12. The highest BCUT2D eigenvalue weighted by Crippen LogP contribution is 1.85. The summed E-state index contributed by atoms with van der Waals surface area (Å²) in [6.45, 7) is 4.36. The maximum atomic E-state index is 11.3. The SMILES string of the molecule is CCCNC(=O)Cn1nc(C)ccc1=O. The van der Waals surface area contributed by atoms with Gasteiger partial charge in [-0.15, -0.1) is 0 Å². The van der Waals surface area contributed by atoms with Gasteiger partial charge in [0, 0.05) is 12.6 Å². The van der Waals surface area contributed by atoms with Crippen molar-refractivity contribution in [1.82, 2.24) is 15.1 Å². The Morgan fingerprint density at radius 1 is 1.53 bits per heavy atom. The van der Waals surface area contributed by atoms with E-state index in [0.717, 1.165) is 12.1 Å². The molecule has 0 saturated heterocycles. The van der Waals surface area contributed by atoms with E-state index in [4.69, 9.17) is 0 Å². The van der Waals surface area contributed by atoms with Crippen molar-refractivity contribution in [3.63, 3.8) is 0 Å². The molecule has 82 valence electrons. The lowest BCUT2D eigenvalue weighted by atomic mass is 10.4. The van der Waals surface area contributed by atoms with Gasteiger partial charge in [0.15, 0.2) is 0 Å². The highest BCUT2D eigenvalue weighted by molar-refractivity contribution is 5.75. The number of nitrogens with one attached hydrogen (secondary N) is 1. The van der Waals surface area contributed by atoms with Gasteiger partial charge in [-0.3, -0.25) is 9.59 Å². The second kappa shape index (κ2) is 5.29. The number of aryl methyl sites for hydroxylation is 1. The molecule has 5 heteroatoms. The summed E-state index contributed by atoms with van der Waals surface area (Å²) < 4.78 is 1.17. The summed E-state index contributed by atoms with van der Waals surface area (Å²) in [6, 6.07) is 3.04. The lowest BCUT2D eigenvalue weighted by Crippen LogP contribution is -2.33. The van der Waals surface area contributed by atoms with Crippen LogP contribution >= 0.6 is 0 Å². The third-order valence-corrected chi connectivity index (χ3v) is 1.87. The molecule has 0 aliphatic carbocycles. The first-order valence-corrected chi connectivity index (χ1v) is 4.95. The Morgan fingerprint density at radius 2 is 2.27 bits per heavy atom. The minimum atomic E-state index is -0.257. The van der Waals surface area contributed by atoms with Crippen LogP contribution in [0.15, 0.2) is 16.9 Å². The zero-order valence-corrected chi connectivity index (χ0v) is 8.99. The molecule has 0 spiro atoms. The molecule has 0 aromatic carbocycles. The third kappa shape index (κ3) is 3.53. The molecule has 0 unspecified atom stereocenters. The first-order valence-electron chi connectivity index (χ1n) is 4.95. The van der Waals surface area contributed by atoms with Crippen LogP contribution in [0, 0.1) is 6.92 Å². The topological polar surface area (TPSA) is 64.0 Å². The van der Waals surface area contributed by atoms with E-state index in [9.17, 15) is 9.59 Å². The fourth-order valence-electron chi connectivity index (χ4n) is 1.12. The van der Waals surface area contributed by atoms with Crippen LogP contribution in [0.25, 0.3) is 0 Å². The van der Waals surface area contributed by atoms with E-state index in [1.165, 1.54) is 10.7 Å². The summed E-state index contributed by atoms with van der Waals surface area (Å²) >= 11 is 0. The zero-order chi connectivity index (χ0) is 11.3. The molecule has 1 aromatic heterocycles. The summed E-state index contributed by atoms with van der Waals surface area (Å²) in [5, 5.41) is 6.65. The van der Waals surface area contributed by atoms with Crippen LogP contribution in [-0.4, -0.2) is 22.2 Å². The van der Waals surface area contributed by atoms with Crippen molar-refractivity contribution in [2.24, 2.45) is 0 Å². The van der Waals surface area contributed by atoms with E-state index in [2.05, 4.69) is 10.4 Å². The van der Waals surface area contributed by atoms with Crippen LogP contribution < -0.4 is 10.9 Å². The predicted octanol–water partition coefficient (Wildman–Crippen LogP) is 0.0779. The lowest BCUT2D eigenvalue weighted by Gasteiger charge is -2.05. The molecule has 0 atom stereocenters. The number of amides is 1. The van der Waals surface area contributed by atoms with Crippen molar-refractivity contribution in [2.45, 2.75) is 26.8 Å². The third-order valence-electron chi connectivity index (χ3n) is 1.87. The second-order valence-corrected chi connectivity index (χ2v) is 3.32. The Hall–Kier alpha value is -1.65. The summed E-state index contributed by atoms with van der Waals surface area (Å²) in [6.07, 6.45) is 0.877. The molecule has 1 N–H and O–H groups in total. The van der Waals surface area contributed by atoms with Crippen molar-refractivity contribution < 1.29 is 4.79 Å². The Morgan fingerprint density at radius 3 is 2.93 bits per heavy atom. The minimum Gasteiger partial charge on any atom is -0.355 e. The Bertz CT molecular complexity index is 398. The highest BCUT2D eigenvalue weighted by Gasteiger charge is 2.04. The van der Waals surface area contributed by atoms with Crippen molar-refractivity contribution in [1.29, 1.82) is 0 Å². The molecule has 1 aromatic rings. The molecule has 0 aliphatic rings. The van der Waals surface area contributed by atoms with Gasteiger partial charge < -0.3 is 5.32 Å². The highest BCUT2D eigenvalue weighted by atomic mass is 16.2. The molecule has 0 aliphatic heterocycles. The lowest BCUT2D eigenvalue weighted by molar-refractivity contribution is -0.121. The van der Waals surface area contributed by atoms with Crippen LogP contribution in [0.3, 0.4) is 0 Å². The standard InChI is InChI=1S/C10H15N3O2/c1-3-6-11-9(14)7-13-10(15)5-4-8(2)12-13/h4-5H,3,6-7H2,1-2H3,(H,11,14). The zero-order valence-electron chi connectivity index (χ0n) is 8.99. The summed E-state index contributed by atoms with van der Waals surface area (Å²) in [7, 11) is 0. The normalized spacial score (nSPS) is 10.0. The molecule has 15 heavy (non-hydrogen) atoms. The van der Waals surface area contributed by atoms with E-state index in [0.29, 0.717) is 6.54 Å². The molecule has 0 bridgehead atoms. The average molecular weight is 209 g/mol. The van der Waals surface area contributed by atoms with Gasteiger partial charge in [-0.2, -0.15) is 5.10 Å². The summed E-state index contributed by atoms with van der Waals surface area (Å²) in [5.41, 5.74) is 0.463. The van der Waals surface area contributed by atoms with Gasteiger partial charge in [-0.1, -0.05) is 6.92 Å². The number of hydrogen-bond acceptors (Lipinski definition) is 3. The number of carbonyl (C=O) groups is 1. The molecule has 1 heterocycles. The largest absolute Gasteiger partial charge is 0.355 e. The van der Waals surface area contributed by atoms with Crippen LogP contribution in [0.4, 0.5) is 0 Å². The average Bonchev–Trinajstić information content (AvgIpc) is 2.20. The first-order chi connectivity index (χ1) is 7.13. The van der Waals surface area contributed by atoms with E-state index in [-0.39, 0.29) is 18.0 Å². The number of nitrogens with zero attached hydrogens (tertiary/aromatic N) is 2. The van der Waals surface area contributed by atoms with E-state index < -0.39 is 0 Å². The first kappa shape index (κ1) is 11.4. The molecule has 0 saturated carbocycles. The molecule has 1 amide bonds. The Kier molecular flexibility index (Phi) is 4.03. The van der Waals surface area contributed by atoms with Crippen LogP contribution in [0.5, 0.6) is 0 Å². The fraction of sp³-hybridized carbons (Fsp3) is 0.500. The van der Waals surface area contributed by atoms with E-state index in [1.807, 2.05) is 6.92 Å². The number of rotatable bonds is 4. The van der Waals surface area contributed by atoms with Gasteiger partial charge in [0.25, 0.3) is 5.56 Å².